The lowest BCUT2D eigenvalue weighted by Gasteiger charge is -2.38. The molecule has 5 rings (SSSR count). The summed E-state index contributed by atoms with van der Waals surface area (Å²) < 4.78 is 41.0. The first kappa shape index (κ1) is 30.9. The molecule has 0 spiro atoms. The normalized spacial score (nSPS) is 24.0. The Kier molecular flexibility index (Phi) is 9.27. The zero-order chi connectivity index (χ0) is 30.0. The van der Waals surface area contributed by atoms with E-state index in [0.717, 1.165) is 37.4 Å². The van der Waals surface area contributed by atoms with Gasteiger partial charge in [-0.3, -0.25) is 14.5 Å². The number of furan rings is 1. The van der Waals surface area contributed by atoms with E-state index in [1.807, 2.05) is 63.2 Å². The maximum absolute atomic E-state index is 14.2. The summed E-state index contributed by atoms with van der Waals surface area (Å²) in [7, 11) is -3.93. The van der Waals surface area contributed by atoms with Crippen LogP contribution >= 0.6 is 0 Å². The van der Waals surface area contributed by atoms with Gasteiger partial charge in [-0.15, -0.1) is 0 Å². The molecule has 2 heterocycles. The zero-order valence-electron chi connectivity index (χ0n) is 25.2. The first-order valence-electron chi connectivity index (χ1n) is 15.2. The number of carbonyl (C=O) groups is 2. The van der Waals surface area contributed by atoms with Gasteiger partial charge in [0, 0.05) is 38.0 Å². The van der Waals surface area contributed by atoms with Gasteiger partial charge >= 0.3 is 0 Å². The van der Waals surface area contributed by atoms with E-state index >= 15 is 0 Å². The molecule has 0 radical (unpaired) electrons. The third-order valence-corrected chi connectivity index (χ3v) is 11.9. The summed E-state index contributed by atoms with van der Waals surface area (Å²) in [5.41, 5.74) is -0.320. The number of ether oxygens (including phenoxy) is 1. The van der Waals surface area contributed by atoms with Crippen LogP contribution in [0.4, 0.5) is 0 Å². The average Bonchev–Trinajstić information content (AvgIpc) is 3.53. The van der Waals surface area contributed by atoms with Gasteiger partial charge in [0.05, 0.1) is 32.1 Å². The zero-order valence-corrected chi connectivity index (χ0v) is 26.0. The van der Waals surface area contributed by atoms with Crippen LogP contribution in [0.5, 0.6) is 0 Å². The highest BCUT2D eigenvalue weighted by atomic mass is 32.2. The molecule has 2 aromatic rings. The third kappa shape index (κ3) is 6.51. The number of sulfonamides is 1. The van der Waals surface area contributed by atoms with Crippen molar-refractivity contribution in [2.45, 2.75) is 59.5 Å². The maximum atomic E-state index is 14.2. The van der Waals surface area contributed by atoms with E-state index in [-0.39, 0.29) is 48.4 Å². The minimum Gasteiger partial charge on any atom is -0.464 e. The van der Waals surface area contributed by atoms with Crippen molar-refractivity contribution in [1.29, 1.82) is 0 Å². The van der Waals surface area contributed by atoms with Crippen molar-refractivity contribution in [3.63, 3.8) is 0 Å². The predicted molar refractivity (Wildman–Crippen MR) is 160 cm³/mol. The number of nitrogens with zero attached hydrogens (tertiary/aromatic N) is 3. The van der Waals surface area contributed by atoms with Crippen molar-refractivity contribution >= 4 is 21.7 Å². The molecule has 3 fully saturated rings. The van der Waals surface area contributed by atoms with Gasteiger partial charge in [0.1, 0.15) is 17.3 Å². The fourth-order valence-electron chi connectivity index (χ4n) is 7.17. The molecule has 42 heavy (non-hydrogen) atoms. The predicted octanol–water partition coefficient (Wildman–Crippen LogP) is 3.87. The smallest absolute Gasteiger partial charge is 0.238 e. The Morgan fingerprint density at radius 3 is 2.43 bits per heavy atom. The highest BCUT2D eigenvalue weighted by Gasteiger charge is 2.65. The minimum atomic E-state index is -3.93. The molecule has 1 aromatic carbocycles. The molecule has 1 saturated heterocycles. The molecule has 1 aromatic heterocycles. The van der Waals surface area contributed by atoms with Crippen molar-refractivity contribution < 1.29 is 27.2 Å². The number of Topliss-reactive ketones (excluding diaryl/α,β-unsaturated/α-hetero) is 1. The van der Waals surface area contributed by atoms with Gasteiger partial charge in [-0.1, -0.05) is 44.2 Å². The largest absolute Gasteiger partial charge is 0.464 e. The summed E-state index contributed by atoms with van der Waals surface area (Å²) in [5, 5.41) is 0. The van der Waals surface area contributed by atoms with Gasteiger partial charge in [-0.05, 0) is 61.8 Å². The Balaban J connectivity index is 1.37. The van der Waals surface area contributed by atoms with E-state index in [1.165, 1.54) is 4.31 Å². The molecule has 9 nitrogen and oxygen atoms in total. The second kappa shape index (κ2) is 12.6. The van der Waals surface area contributed by atoms with E-state index in [1.54, 1.807) is 4.90 Å². The molecule has 2 aliphatic carbocycles. The monoisotopic (exact) mass is 599 g/mol. The number of benzene rings is 1. The van der Waals surface area contributed by atoms with E-state index in [9.17, 15) is 18.0 Å². The number of hydrogen-bond donors (Lipinski definition) is 0. The Labute approximate surface area is 250 Å². The van der Waals surface area contributed by atoms with Crippen LogP contribution in [-0.4, -0.2) is 85.9 Å². The molecule has 10 heteroatoms. The summed E-state index contributed by atoms with van der Waals surface area (Å²) in [5.74, 6) is 1.15. The SMILES string of the molecule is Cc1ccc(CN(Cc2ccccc2)C(=O)CN(CCCN2CCOCC2)S(=O)(=O)CC23CCC(CC2=O)C3(C)C)o1. The van der Waals surface area contributed by atoms with Gasteiger partial charge in [0.2, 0.25) is 15.9 Å². The molecule has 0 N–H and O–H groups in total. The number of carbonyl (C=O) groups excluding carboxylic acids is 2. The average molecular weight is 600 g/mol. The molecule has 2 saturated carbocycles. The van der Waals surface area contributed by atoms with Crippen LogP contribution in [0.25, 0.3) is 0 Å². The number of fused-ring (bicyclic) bond motifs is 2. The number of hydrogen-bond acceptors (Lipinski definition) is 7. The Bertz CT molecular complexity index is 1350. The van der Waals surface area contributed by atoms with E-state index in [0.29, 0.717) is 44.8 Å². The second-order valence-electron chi connectivity index (χ2n) is 12.8. The van der Waals surface area contributed by atoms with Gasteiger partial charge in [-0.25, -0.2) is 8.42 Å². The van der Waals surface area contributed by atoms with Gasteiger partial charge in [0.15, 0.2) is 0 Å². The topological polar surface area (TPSA) is 100 Å². The van der Waals surface area contributed by atoms with Crippen LogP contribution in [0, 0.1) is 23.7 Å². The van der Waals surface area contributed by atoms with Crippen LogP contribution in [0.2, 0.25) is 0 Å². The lowest BCUT2D eigenvalue weighted by Crippen LogP contribution is -2.49. The second-order valence-corrected chi connectivity index (χ2v) is 14.8. The number of aryl methyl sites for hydroxylation is 1. The standard InChI is InChI=1S/C32H45N3O6S/c1-25-10-11-28(41-25)22-34(21-26-8-5-4-6-9-26)30(37)23-35(15-7-14-33-16-18-40-19-17-33)42(38,39)24-32-13-12-27(20-29(32)36)31(32,2)3/h4-6,8-11,27H,7,12-24H2,1-3H3. The quantitative estimate of drug-likeness (QED) is 0.345. The fraction of sp³-hybridized carbons (Fsp3) is 0.625. The van der Waals surface area contributed by atoms with E-state index in [4.69, 9.17) is 9.15 Å². The molecule has 2 bridgehead atoms. The molecular formula is C32H45N3O6S. The van der Waals surface area contributed by atoms with Crippen molar-refractivity contribution in [1.82, 2.24) is 14.1 Å². The lowest BCUT2D eigenvalue weighted by molar-refractivity contribution is -0.133. The molecule has 2 unspecified atom stereocenters. The number of ketones is 1. The highest BCUT2D eigenvalue weighted by molar-refractivity contribution is 7.89. The van der Waals surface area contributed by atoms with Crippen molar-refractivity contribution in [2.24, 2.45) is 16.7 Å². The lowest BCUT2D eigenvalue weighted by atomic mass is 9.70. The van der Waals surface area contributed by atoms with E-state index in [2.05, 4.69) is 4.90 Å². The van der Waals surface area contributed by atoms with Crippen LogP contribution in [0.3, 0.4) is 0 Å². The van der Waals surface area contributed by atoms with Crippen LogP contribution in [0.1, 0.15) is 56.6 Å². The number of rotatable bonds is 13. The summed E-state index contributed by atoms with van der Waals surface area (Å²) in [6.45, 7) is 10.2. The first-order chi connectivity index (χ1) is 20.0. The molecular weight excluding hydrogens is 554 g/mol. The molecule has 3 aliphatic rings. The minimum absolute atomic E-state index is 0.0609. The number of morpholine rings is 1. The molecule has 2 atom stereocenters. The van der Waals surface area contributed by atoms with Crippen LogP contribution < -0.4 is 0 Å². The first-order valence-corrected chi connectivity index (χ1v) is 16.8. The van der Waals surface area contributed by atoms with Crippen LogP contribution in [-0.2, 0) is 37.4 Å². The van der Waals surface area contributed by atoms with E-state index < -0.39 is 15.4 Å². The summed E-state index contributed by atoms with van der Waals surface area (Å²) in [6.07, 6.45) is 2.51. The molecule has 1 amide bonds. The Morgan fingerprint density at radius 2 is 1.81 bits per heavy atom. The van der Waals surface area contributed by atoms with Crippen molar-refractivity contribution in [2.75, 3.05) is 51.7 Å². The van der Waals surface area contributed by atoms with Gasteiger partial charge in [0.25, 0.3) is 0 Å². The summed E-state index contributed by atoms with van der Waals surface area (Å²) in [6, 6.07) is 13.4. The fourth-order valence-corrected chi connectivity index (χ4v) is 9.36. The number of amides is 1. The van der Waals surface area contributed by atoms with Crippen molar-refractivity contribution in [3.8, 4) is 0 Å². The Hall–Kier alpha value is -2.53. The Morgan fingerprint density at radius 1 is 1.07 bits per heavy atom. The van der Waals surface area contributed by atoms with Gasteiger partial charge in [-0.2, -0.15) is 4.31 Å². The summed E-state index contributed by atoms with van der Waals surface area (Å²) in [4.78, 5) is 31.1. The molecule has 230 valence electrons. The maximum Gasteiger partial charge on any atom is 0.238 e. The molecule has 1 aliphatic heterocycles. The van der Waals surface area contributed by atoms with Gasteiger partial charge < -0.3 is 14.1 Å². The third-order valence-electron chi connectivity index (χ3n) is 9.97. The van der Waals surface area contributed by atoms with Crippen LogP contribution in [0.15, 0.2) is 46.9 Å². The highest BCUT2D eigenvalue weighted by Crippen LogP contribution is 2.64. The summed E-state index contributed by atoms with van der Waals surface area (Å²) >= 11 is 0. The van der Waals surface area contributed by atoms with Crippen molar-refractivity contribution in [3.05, 3.63) is 59.5 Å².